The lowest BCUT2D eigenvalue weighted by molar-refractivity contribution is 0.493. The van der Waals surface area contributed by atoms with Crippen LogP contribution in [0.4, 0.5) is 0 Å². The van der Waals surface area contributed by atoms with Gasteiger partial charge in [0.2, 0.25) is 0 Å². The number of furan rings is 1. The van der Waals surface area contributed by atoms with Gasteiger partial charge in [0.25, 0.3) is 16.7 Å². The number of pyridine rings is 1. The fraction of sp³-hybridized carbons (Fsp3) is 0.113. The Morgan fingerprint density at radius 2 is 0.892 bits per heavy atom. The molecule has 0 bridgehead atoms. The molecule has 6 aromatic heterocycles. The highest BCUT2D eigenvalue weighted by Crippen LogP contribution is 2.23. The standard InChI is InChI=1S/C21H17N3O.C20H16N2O2.C20H16N2OS.CH4/c1-15-7-6-8-16(13-15)20-21(25)24(14-17-9-4-5-12-22-17)19-11-3-2-10-18(19)23-20;2*1-14-6-4-7-15(12-14)19-20(23)22(13-16-8-5-11-24-16)18-10-3-2-9-17(18)21-19;/h2-13H,14H2,1H3;2*2-12H,13H2,1H3;1H4. The summed E-state index contributed by atoms with van der Waals surface area (Å²) < 4.78 is 10.7. The molecule has 0 amide bonds. The van der Waals surface area contributed by atoms with E-state index in [4.69, 9.17) is 4.42 Å². The third-order valence-corrected chi connectivity index (χ3v) is 13.1. The molecule has 0 saturated carbocycles. The summed E-state index contributed by atoms with van der Waals surface area (Å²) in [7, 11) is 0. The normalized spacial score (nSPS) is 10.9. The summed E-state index contributed by atoms with van der Waals surface area (Å²) >= 11 is 1.66. The molecule has 12 aromatic rings. The molecule has 0 fully saturated rings. The summed E-state index contributed by atoms with van der Waals surface area (Å²) in [4.78, 5) is 58.8. The fourth-order valence-corrected chi connectivity index (χ4v) is 9.45. The lowest BCUT2D eigenvalue weighted by Gasteiger charge is -2.12. The van der Waals surface area contributed by atoms with Crippen LogP contribution in [0.5, 0.6) is 0 Å². The molecule has 74 heavy (non-hydrogen) atoms. The first-order valence-corrected chi connectivity index (χ1v) is 24.7. The Kier molecular flexibility index (Phi) is 15.2. The number of fused-ring (bicyclic) bond motifs is 3. The van der Waals surface area contributed by atoms with E-state index in [1.54, 1.807) is 32.9 Å². The van der Waals surface area contributed by atoms with Crippen LogP contribution in [-0.4, -0.2) is 33.6 Å². The first-order valence-electron chi connectivity index (χ1n) is 23.8. The highest BCUT2D eigenvalue weighted by Gasteiger charge is 2.17. The zero-order valence-corrected chi connectivity index (χ0v) is 41.2. The topological polar surface area (TPSA) is 131 Å². The van der Waals surface area contributed by atoms with E-state index in [0.29, 0.717) is 36.7 Å². The molecule has 0 aliphatic carbocycles. The van der Waals surface area contributed by atoms with Gasteiger partial charge in [0.05, 0.1) is 64.7 Å². The van der Waals surface area contributed by atoms with E-state index >= 15 is 0 Å². The van der Waals surface area contributed by atoms with Crippen molar-refractivity contribution in [3.05, 3.63) is 270 Å². The summed E-state index contributed by atoms with van der Waals surface area (Å²) in [6, 6.07) is 60.3. The maximum Gasteiger partial charge on any atom is 0.278 e. The van der Waals surface area contributed by atoms with E-state index in [1.807, 2.05) is 213 Å². The van der Waals surface area contributed by atoms with E-state index in [0.717, 1.165) is 82.8 Å². The molecule has 366 valence electrons. The van der Waals surface area contributed by atoms with Crippen molar-refractivity contribution in [2.75, 3.05) is 0 Å². The van der Waals surface area contributed by atoms with Gasteiger partial charge in [-0.05, 0) is 111 Å². The SMILES string of the molecule is C.Cc1cccc(-c2nc3ccccc3n(Cc3ccccn3)c2=O)c1.Cc1cccc(-c2nc3ccccc3n(Cc3ccco3)c2=O)c1.Cc1cccc(-c2nc3ccccc3n(Cc3cccs3)c2=O)c1. The van der Waals surface area contributed by atoms with Crippen LogP contribution in [0, 0.1) is 20.8 Å². The monoisotopic (exact) mass is 991 g/mol. The summed E-state index contributed by atoms with van der Waals surface area (Å²) in [6.07, 6.45) is 3.36. The molecule has 0 saturated heterocycles. The van der Waals surface area contributed by atoms with Gasteiger partial charge in [-0.2, -0.15) is 0 Å². The van der Waals surface area contributed by atoms with E-state index in [-0.39, 0.29) is 24.1 Å². The van der Waals surface area contributed by atoms with Crippen molar-refractivity contribution in [2.45, 2.75) is 47.8 Å². The van der Waals surface area contributed by atoms with Gasteiger partial charge in [0.1, 0.15) is 22.8 Å². The Balaban J connectivity index is 0.000000135. The molecule has 11 nitrogen and oxygen atoms in total. The molecule has 0 aliphatic rings. The van der Waals surface area contributed by atoms with Crippen molar-refractivity contribution in [2.24, 2.45) is 0 Å². The summed E-state index contributed by atoms with van der Waals surface area (Å²) in [5.74, 6) is 0.739. The van der Waals surface area contributed by atoms with Gasteiger partial charge in [0, 0.05) is 27.8 Å². The predicted octanol–water partition coefficient (Wildman–Crippen LogP) is 12.9. The molecule has 12 rings (SSSR count). The Bertz CT molecular complexity index is 3900. The van der Waals surface area contributed by atoms with Gasteiger partial charge in [-0.1, -0.05) is 127 Å². The Morgan fingerprint density at radius 1 is 0.446 bits per heavy atom. The Labute approximate surface area is 432 Å². The number of aryl methyl sites for hydroxylation is 3. The quantitative estimate of drug-likeness (QED) is 0.140. The molecular formula is C62H53N7O4S. The highest BCUT2D eigenvalue weighted by atomic mass is 32.1. The number of para-hydroxylation sites is 6. The van der Waals surface area contributed by atoms with Crippen molar-refractivity contribution in [1.29, 1.82) is 0 Å². The van der Waals surface area contributed by atoms with Crippen LogP contribution in [-0.2, 0) is 19.6 Å². The van der Waals surface area contributed by atoms with Gasteiger partial charge < -0.3 is 4.42 Å². The highest BCUT2D eigenvalue weighted by molar-refractivity contribution is 7.09. The minimum Gasteiger partial charge on any atom is -0.467 e. The van der Waals surface area contributed by atoms with Crippen LogP contribution in [0.2, 0.25) is 0 Å². The number of nitrogens with zero attached hydrogens (tertiary/aromatic N) is 7. The third kappa shape index (κ3) is 11.0. The smallest absolute Gasteiger partial charge is 0.278 e. The molecule has 6 aromatic carbocycles. The second kappa shape index (κ2) is 22.5. The number of rotatable bonds is 9. The van der Waals surface area contributed by atoms with Crippen LogP contribution in [0.3, 0.4) is 0 Å². The largest absolute Gasteiger partial charge is 0.467 e. The van der Waals surface area contributed by atoms with Gasteiger partial charge in [-0.25, -0.2) is 15.0 Å². The average Bonchev–Trinajstić information content (AvgIpc) is 4.15. The molecule has 0 N–H and O–H groups in total. The van der Waals surface area contributed by atoms with Gasteiger partial charge >= 0.3 is 0 Å². The average molecular weight is 992 g/mol. The molecule has 0 aliphatic heterocycles. The number of thiophene rings is 1. The summed E-state index contributed by atoms with van der Waals surface area (Å²) in [5.41, 5.74) is 12.8. The zero-order valence-electron chi connectivity index (χ0n) is 40.4. The van der Waals surface area contributed by atoms with Crippen LogP contribution < -0.4 is 16.7 Å². The first kappa shape index (κ1) is 49.8. The van der Waals surface area contributed by atoms with Crippen LogP contribution in [0.25, 0.3) is 66.9 Å². The van der Waals surface area contributed by atoms with Crippen molar-refractivity contribution < 1.29 is 4.42 Å². The zero-order chi connectivity index (χ0) is 50.3. The minimum absolute atomic E-state index is 0. The van der Waals surface area contributed by atoms with Gasteiger partial charge in [-0.15, -0.1) is 11.3 Å². The van der Waals surface area contributed by atoms with E-state index in [2.05, 4.69) is 26.0 Å². The number of benzene rings is 6. The van der Waals surface area contributed by atoms with E-state index < -0.39 is 0 Å². The summed E-state index contributed by atoms with van der Waals surface area (Å²) in [5, 5.41) is 2.03. The number of hydrogen-bond acceptors (Lipinski definition) is 9. The van der Waals surface area contributed by atoms with Crippen molar-refractivity contribution in [3.63, 3.8) is 0 Å². The second-order valence-electron chi connectivity index (χ2n) is 17.6. The van der Waals surface area contributed by atoms with Crippen molar-refractivity contribution >= 4 is 44.4 Å². The molecule has 0 radical (unpaired) electrons. The maximum absolute atomic E-state index is 13.2. The molecule has 0 atom stereocenters. The lowest BCUT2D eigenvalue weighted by atomic mass is 10.1. The van der Waals surface area contributed by atoms with Crippen LogP contribution >= 0.6 is 11.3 Å². The van der Waals surface area contributed by atoms with Crippen LogP contribution in [0.1, 0.15) is 40.4 Å². The number of hydrogen-bond donors (Lipinski definition) is 0. The Morgan fingerprint density at radius 3 is 1.30 bits per heavy atom. The van der Waals surface area contributed by atoms with Crippen molar-refractivity contribution in [1.82, 2.24) is 33.6 Å². The molecular weight excluding hydrogens is 939 g/mol. The molecule has 6 heterocycles. The third-order valence-electron chi connectivity index (χ3n) is 12.3. The van der Waals surface area contributed by atoms with E-state index in [1.165, 1.54) is 0 Å². The maximum atomic E-state index is 13.2. The minimum atomic E-state index is -0.115. The van der Waals surface area contributed by atoms with Crippen molar-refractivity contribution in [3.8, 4) is 33.8 Å². The Hall–Kier alpha value is -9.13. The van der Waals surface area contributed by atoms with Gasteiger partial charge in [-0.3, -0.25) is 33.1 Å². The molecule has 0 unspecified atom stereocenters. The molecule has 0 spiro atoms. The summed E-state index contributed by atoms with van der Waals surface area (Å²) in [6.45, 7) is 7.41. The van der Waals surface area contributed by atoms with Gasteiger partial charge in [0.15, 0.2) is 0 Å². The number of aromatic nitrogens is 7. The predicted molar refractivity (Wildman–Crippen MR) is 300 cm³/mol. The molecule has 12 heteroatoms. The first-order chi connectivity index (χ1) is 35.7. The lowest BCUT2D eigenvalue weighted by Crippen LogP contribution is -2.24. The van der Waals surface area contributed by atoms with Crippen LogP contribution in [0.15, 0.2) is 225 Å². The van der Waals surface area contributed by atoms with E-state index in [9.17, 15) is 14.4 Å². The fourth-order valence-electron chi connectivity index (χ4n) is 8.76. The second-order valence-corrected chi connectivity index (χ2v) is 18.6.